The summed E-state index contributed by atoms with van der Waals surface area (Å²) in [4.78, 5) is 43.0. The second-order valence-corrected chi connectivity index (χ2v) is 10.1. The molecule has 1 aliphatic rings. The Morgan fingerprint density at radius 2 is 1.85 bits per heavy atom. The molecule has 10 heteroatoms. The molecule has 2 amide bonds. The number of carbonyl (C=O) groups is 2. The van der Waals surface area contributed by atoms with Gasteiger partial charge in [0.15, 0.2) is 0 Å². The van der Waals surface area contributed by atoms with Crippen molar-refractivity contribution in [2.24, 2.45) is 11.7 Å². The van der Waals surface area contributed by atoms with Crippen molar-refractivity contribution in [3.8, 4) is 5.69 Å². The van der Waals surface area contributed by atoms with Gasteiger partial charge in [0.1, 0.15) is 11.4 Å². The Hall–Kier alpha value is -3.10. The largest absolute Gasteiger partial charge is 0.444 e. The van der Waals surface area contributed by atoms with Crippen LogP contribution >= 0.6 is 23.2 Å². The van der Waals surface area contributed by atoms with Crippen LogP contribution in [0.15, 0.2) is 41.2 Å². The van der Waals surface area contributed by atoms with E-state index in [9.17, 15) is 14.4 Å². The van der Waals surface area contributed by atoms with E-state index in [2.05, 4.69) is 5.32 Å². The summed E-state index contributed by atoms with van der Waals surface area (Å²) in [6.45, 7) is 5.29. The van der Waals surface area contributed by atoms with E-state index >= 15 is 0 Å². The van der Waals surface area contributed by atoms with Crippen LogP contribution in [-0.2, 0) is 4.74 Å². The smallest absolute Gasteiger partial charge is 0.408 e. The number of fused-ring (bicyclic) bond motifs is 1. The number of halogens is 2. The van der Waals surface area contributed by atoms with Gasteiger partial charge in [-0.15, -0.1) is 0 Å². The van der Waals surface area contributed by atoms with Gasteiger partial charge in [-0.25, -0.2) is 9.78 Å². The van der Waals surface area contributed by atoms with Gasteiger partial charge in [0.05, 0.1) is 32.7 Å². The Morgan fingerprint density at radius 1 is 1.18 bits per heavy atom. The molecule has 0 saturated heterocycles. The number of nitrogens with zero attached hydrogens (tertiary/aromatic N) is 2. The number of nitrogens with two attached hydrogens (primary N) is 1. The molecule has 1 fully saturated rings. The molecule has 0 aliphatic heterocycles. The van der Waals surface area contributed by atoms with Crippen molar-refractivity contribution in [2.45, 2.75) is 45.3 Å². The maximum absolute atomic E-state index is 13.8. The monoisotopic (exact) mass is 502 g/mol. The molecular weight excluding hydrogens is 479 g/mol. The van der Waals surface area contributed by atoms with Crippen molar-refractivity contribution < 1.29 is 14.3 Å². The fourth-order valence-electron chi connectivity index (χ4n) is 3.75. The van der Waals surface area contributed by atoms with E-state index in [1.165, 1.54) is 16.7 Å². The van der Waals surface area contributed by atoms with Gasteiger partial charge in [0.25, 0.3) is 5.56 Å². The second kappa shape index (κ2) is 8.92. The van der Waals surface area contributed by atoms with Crippen LogP contribution in [0.3, 0.4) is 0 Å². The minimum absolute atomic E-state index is 0.0420. The first-order valence-electron chi connectivity index (χ1n) is 10.8. The van der Waals surface area contributed by atoms with E-state index in [0.717, 1.165) is 12.8 Å². The number of carbonyl (C=O) groups excluding carboxylic acids is 2. The molecule has 4 rings (SSSR count). The Balaban J connectivity index is 1.97. The molecule has 1 saturated carbocycles. The zero-order valence-electron chi connectivity index (χ0n) is 18.9. The first-order chi connectivity index (χ1) is 16.0. The summed E-state index contributed by atoms with van der Waals surface area (Å²) in [6.07, 6.45) is 1.03. The number of hydrogen-bond donors (Lipinski definition) is 2. The number of alkyl carbamates (subject to hydrolysis) is 1. The molecular formula is C24H24Cl2N4O4. The molecule has 0 unspecified atom stereocenters. The number of rotatable bonds is 5. The molecule has 3 aromatic rings. The molecule has 3 N–H and O–H groups in total. The summed E-state index contributed by atoms with van der Waals surface area (Å²) in [7, 11) is 0. The topological polar surface area (TPSA) is 116 Å². The van der Waals surface area contributed by atoms with Gasteiger partial charge in [-0.3, -0.25) is 14.2 Å². The van der Waals surface area contributed by atoms with Crippen LogP contribution in [0, 0.1) is 5.92 Å². The van der Waals surface area contributed by atoms with Gasteiger partial charge in [-0.05, 0) is 69.9 Å². The highest BCUT2D eigenvalue weighted by Crippen LogP contribution is 2.41. The van der Waals surface area contributed by atoms with Crippen molar-refractivity contribution in [1.29, 1.82) is 0 Å². The lowest BCUT2D eigenvalue weighted by Crippen LogP contribution is -2.39. The summed E-state index contributed by atoms with van der Waals surface area (Å²) in [5.74, 6) is -0.339. The standard InChI is InChI=1S/C24H24Cl2N4O4/c1-24(2,3)34-23(33)29-18(12-7-8-12)21-28-19-16(26)10-9-15(25)17(19)22(32)30(21)14-6-4-5-13(11-14)20(27)31/h4-6,9-12,18H,7-8H2,1-3H3,(H2,27,31)(H,29,33)/t18-/m0/s1. The van der Waals surface area contributed by atoms with Gasteiger partial charge in [-0.1, -0.05) is 29.3 Å². The molecule has 1 atom stereocenters. The Bertz CT molecular complexity index is 1360. The summed E-state index contributed by atoms with van der Waals surface area (Å²) in [5, 5.41) is 3.45. The number of ether oxygens (including phenoxy) is 1. The number of hydrogen-bond acceptors (Lipinski definition) is 5. The van der Waals surface area contributed by atoms with E-state index in [-0.39, 0.29) is 38.3 Å². The maximum atomic E-state index is 13.8. The summed E-state index contributed by atoms with van der Waals surface area (Å²) in [5.41, 5.74) is 5.08. The van der Waals surface area contributed by atoms with Gasteiger partial charge in [-0.2, -0.15) is 0 Å². The molecule has 8 nitrogen and oxygen atoms in total. The molecule has 0 radical (unpaired) electrons. The van der Waals surface area contributed by atoms with Gasteiger partial charge < -0.3 is 15.8 Å². The number of amides is 2. The normalized spacial score (nSPS) is 14.6. The average molecular weight is 503 g/mol. The zero-order chi connectivity index (χ0) is 24.8. The van der Waals surface area contributed by atoms with Crippen LogP contribution in [0.2, 0.25) is 10.0 Å². The SMILES string of the molecule is CC(C)(C)OC(=O)N[C@H](c1nc2c(Cl)ccc(Cl)c2c(=O)n1-c1cccc(C(N)=O)c1)C1CC1. The summed E-state index contributed by atoms with van der Waals surface area (Å²) >= 11 is 12.8. The Morgan fingerprint density at radius 3 is 2.47 bits per heavy atom. The number of primary amides is 1. The third kappa shape index (κ3) is 4.88. The predicted molar refractivity (Wildman–Crippen MR) is 131 cm³/mol. The van der Waals surface area contributed by atoms with Crippen molar-refractivity contribution in [1.82, 2.24) is 14.9 Å². The fourth-order valence-corrected chi connectivity index (χ4v) is 4.18. The van der Waals surface area contributed by atoms with Crippen LogP contribution in [-0.4, -0.2) is 27.2 Å². The first-order valence-corrected chi connectivity index (χ1v) is 11.5. The zero-order valence-corrected chi connectivity index (χ0v) is 20.4. The average Bonchev–Trinajstić information content (AvgIpc) is 3.58. The molecule has 34 heavy (non-hydrogen) atoms. The lowest BCUT2D eigenvalue weighted by Gasteiger charge is -2.25. The van der Waals surface area contributed by atoms with E-state index in [1.54, 1.807) is 45.0 Å². The van der Waals surface area contributed by atoms with Crippen LogP contribution in [0.25, 0.3) is 16.6 Å². The second-order valence-electron chi connectivity index (χ2n) is 9.24. The third-order valence-electron chi connectivity index (χ3n) is 5.38. The predicted octanol–water partition coefficient (Wildman–Crippen LogP) is 4.77. The highest BCUT2D eigenvalue weighted by Gasteiger charge is 2.38. The van der Waals surface area contributed by atoms with Gasteiger partial charge >= 0.3 is 6.09 Å². The number of nitrogens with one attached hydrogen (secondary N) is 1. The van der Waals surface area contributed by atoms with Crippen LogP contribution < -0.4 is 16.6 Å². The first kappa shape index (κ1) is 24.0. The third-order valence-corrected chi connectivity index (χ3v) is 6.00. The number of benzene rings is 2. The Labute approximate surface area is 206 Å². The summed E-state index contributed by atoms with van der Waals surface area (Å²) in [6, 6.07) is 8.76. The molecule has 0 bridgehead atoms. The fraction of sp³-hybridized carbons (Fsp3) is 0.333. The Kier molecular flexibility index (Phi) is 6.31. The molecule has 178 valence electrons. The molecule has 0 spiro atoms. The summed E-state index contributed by atoms with van der Waals surface area (Å²) < 4.78 is 6.80. The van der Waals surface area contributed by atoms with E-state index in [0.29, 0.717) is 5.69 Å². The van der Waals surface area contributed by atoms with E-state index in [1.807, 2.05) is 0 Å². The highest BCUT2D eigenvalue weighted by atomic mass is 35.5. The molecule has 1 heterocycles. The van der Waals surface area contributed by atoms with Gasteiger partial charge in [0, 0.05) is 5.56 Å². The maximum Gasteiger partial charge on any atom is 0.408 e. The number of aromatic nitrogens is 2. The highest BCUT2D eigenvalue weighted by molar-refractivity contribution is 6.39. The van der Waals surface area contributed by atoms with E-state index < -0.39 is 29.2 Å². The van der Waals surface area contributed by atoms with Crippen LogP contribution in [0.4, 0.5) is 4.79 Å². The van der Waals surface area contributed by atoms with Crippen LogP contribution in [0.1, 0.15) is 55.8 Å². The van der Waals surface area contributed by atoms with Crippen molar-refractivity contribution in [3.63, 3.8) is 0 Å². The van der Waals surface area contributed by atoms with Gasteiger partial charge in [0.2, 0.25) is 5.91 Å². The molecule has 2 aromatic carbocycles. The van der Waals surface area contributed by atoms with Crippen molar-refractivity contribution in [2.75, 3.05) is 0 Å². The lowest BCUT2D eigenvalue weighted by atomic mass is 10.1. The van der Waals surface area contributed by atoms with Crippen molar-refractivity contribution >= 4 is 46.1 Å². The molecule has 1 aliphatic carbocycles. The molecule has 1 aromatic heterocycles. The minimum atomic E-state index is -0.707. The van der Waals surface area contributed by atoms with Crippen molar-refractivity contribution in [3.05, 3.63) is 68.2 Å². The minimum Gasteiger partial charge on any atom is -0.444 e. The van der Waals surface area contributed by atoms with E-state index in [4.69, 9.17) is 38.7 Å². The quantitative estimate of drug-likeness (QED) is 0.521. The lowest BCUT2D eigenvalue weighted by molar-refractivity contribution is 0.0493. The van der Waals surface area contributed by atoms with Crippen LogP contribution in [0.5, 0.6) is 0 Å².